The Balaban J connectivity index is 1.61. The van der Waals surface area contributed by atoms with E-state index in [1.165, 1.54) is 0 Å². The van der Waals surface area contributed by atoms with Crippen LogP contribution in [0.5, 0.6) is 0 Å². The van der Waals surface area contributed by atoms with Gasteiger partial charge in [0.15, 0.2) is 0 Å². The van der Waals surface area contributed by atoms with E-state index in [1.807, 2.05) is 24.3 Å². The average Bonchev–Trinajstić information content (AvgIpc) is 3.10. The maximum absolute atomic E-state index is 5.43. The topological polar surface area (TPSA) is 81.9 Å². The third kappa shape index (κ3) is 3.08. The van der Waals surface area contributed by atoms with Crippen molar-refractivity contribution in [3.8, 4) is 22.6 Å². The van der Waals surface area contributed by atoms with E-state index in [0.29, 0.717) is 13.2 Å². The van der Waals surface area contributed by atoms with Crippen molar-refractivity contribution in [1.29, 1.82) is 0 Å². The van der Waals surface area contributed by atoms with Crippen molar-refractivity contribution < 1.29 is 4.74 Å². The molecule has 0 aliphatic carbocycles. The van der Waals surface area contributed by atoms with Gasteiger partial charge in [0.05, 0.1) is 36.3 Å². The van der Waals surface area contributed by atoms with Crippen LogP contribution in [0.4, 0.5) is 5.82 Å². The molecule has 0 saturated carbocycles. The van der Waals surface area contributed by atoms with Crippen LogP contribution in [0.25, 0.3) is 33.5 Å². The average molecular weight is 391 g/mol. The van der Waals surface area contributed by atoms with E-state index in [2.05, 4.69) is 42.7 Å². The van der Waals surface area contributed by atoms with Gasteiger partial charge in [-0.1, -0.05) is 6.07 Å². The zero-order valence-corrected chi connectivity index (χ0v) is 15.8. The van der Waals surface area contributed by atoms with Gasteiger partial charge in [0.2, 0.25) is 0 Å². The molecule has 0 unspecified atom stereocenters. The van der Waals surface area contributed by atoms with Crippen molar-refractivity contribution >= 4 is 29.5 Å². The molecule has 9 heteroatoms. The first-order chi connectivity index (χ1) is 13.8. The smallest absolute Gasteiger partial charge is 0.132 e. The Kier molecular flexibility index (Phi) is 4.38. The Morgan fingerprint density at radius 3 is 2.68 bits per heavy atom. The summed E-state index contributed by atoms with van der Waals surface area (Å²) in [7, 11) is 0. The molecule has 4 aromatic rings. The lowest BCUT2D eigenvalue weighted by Gasteiger charge is -2.27. The van der Waals surface area contributed by atoms with Crippen LogP contribution in [0.2, 0.25) is 0 Å². The van der Waals surface area contributed by atoms with E-state index in [1.54, 1.807) is 29.0 Å². The quantitative estimate of drug-likeness (QED) is 0.537. The van der Waals surface area contributed by atoms with Gasteiger partial charge in [-0.3, -0.25) is 9.97 Å². The van der Waals surface area contributed by atoms with Gasteiger partial charge in [0.25, 0.3) is 0 Å². The third-order valence-electron chi connectivity index (χ3n) is 4.74. The maximum Gasteiger partial charge on any atom is 0.132 e. The summed E-state index contributed by atoms with van der Waals surface area (Å²) in [5.74, 6) is 0.876. The number of hydrogen-bond donors (Lipinski definition) is 1. The molecule has 3 aromatic heterocycles. The Hall–Kier alpha value is -3.04. The molecule has 1 aliphatic heterocycles. The van der Waals surface area contributed by atoms with Crippen LogP contribution in [-0.4, -0.2) is 55.4 Å². The lowest BCUT2D eigenvalue weighted by Crippen LogP contribution is -2.36. The van der Waals surface area contributed by atoms with Crippen LogP contribution in [0.15, 0.2) is 49.2 Å². The van der Waals surface area contributed by atoms with Gasteiger partial charge in [-0.2, -0.15) is 5.10 Å². The fourth-order valence-corrected chi connectivity index (χ4v) is 3.67. The number of thiol groups is 1. The summed E-state index contributed by atoms with van der Waals surface area (Å²) in [6, 6.07) is 7.96. The molecule has 0 atom stereocenters. The zero-order valence-electron chi connectivity index (χ0n) is 14.9. The molecule has 0 spiro atoms. The number of rotatable bonds is 3. The molecular formula is C19H17N7OS. The minimum Gasteiger partial charge on any atom is -0.378 e. The molecule has 1 fully saturated rings. The largest absolute Gasteiger partial charge is 0.378 e. The highest BCUT2D eigenvalue weighted by Crippen LogP contribution is 2.32. The normalized spacial score (nSPS) is 14.5. The summed E-state index contributed by atoms with van der Waals surface area (Å²) in [4.78, 5) is 19.7. The van der Waals surface area contributed by atoms with Crippen LogP contribution in [0.1, 0.15) is 0 Å². The van der Waals surface area contributed by atoms with E-state index >= 15 is 0 Å². The Labute approximate surface area is 166 Å². The van der Waals surface area contributed by atoms with Crippen molar-refractivity contribution in [2.24, 2.45) is 0 Å². The Bertz CT molecular complexity index is 1130. The SMILES string of the molecule is Sn1nc2ccc(-c3cnccn3)cc2c1-c1cc(N2CCOCC2)ncn1. The Morgan fingerprint density at radius 1 is 0.964 bits per heavy atom. The van der Waals surface area contributed by atoms with Crippen LogP contribution >= 0.6 is 12.8 Å². The lowest BCUT2D eigenvalue weighted by molar-refractivity contribution is 0.122. The molecule has 5 rings (SSSR count). The summed E-state index contributed by atoms with van der Waals surface area (Å²) in [6.45, 7) is 3.03. The van der Waals surface area contributed by atoms with Crippen LogP contribution < -0.4 is 4.90 Å². The number of nitrogens with zero attached hydrogens (tertiary/aromatic N) is 7. The molecule has 1 aromatic carbocycles. The summed E-state index contributed by atoms with van der Waals surface area (Å²) >= 11 is 4.53. The highest BCUT2D eigenvalue weighted by atomic mass is 32.1. The first kappa shape index (κ1) is 17.1. The van der Waals surface area contributed by atoms with E-state index in [0.717, 1.165) is 52.5 Å². The second-order valence-corrected chi connectivity index (χ2v) is 6.80. The van der Waals surface area contributed by atoms with Gasteiger partial charge < -0.3 is 9.64 Å². The molecular weight excluding hydrogens is 374 g/mol. The Morgan fingerprint density at radius 2 is 1.86 bits per heavy atom. The molecule has 140 valence electrons. The standard InChI is InChI=1S/C19H17N7OS/c28-26-19(16-10-18(23-12-22-16)25-5-7-27-8-6-25)14-9-13(1-2-15(14)24-26)17-11-20-3-4-21-17/h1-4,9-12,28H,5-8H2. The number of ether oxygens (including phenoxy) is 1. The molecule has 1 aliphatic rings. The maximum atomic E-state index is 5.43. The number of hydrogen-bond acceptors (Lipinski definition) is 8. The van der Waals surface area contributed by atoms with Crippen LogP contribution in [0.3, 0.4) is 0 Å². The fourth-order valence-electron chi connectivity index (χ4n) is 3.36. The summed E-state index contributed by atoms with van der Waals surface area (Å²) in [5.41, 5.74) is 4.19. The first-order valence-electron chi connectivity index (χ1n) is 8.93. The second kappa shape index (κ2) is 7.17. The molecule has 0 amide bonds. The van der Waals surface area contributed by atoms with Crippen molar-refractivity contribution in [3.05, 3.63) is 49.2 Å². The van der Waals surface area contributed by atoms with Gasteiger partial charge in [-0.25, -0.2) is 14.1 Å². The van der Waals surface area contributed by atoms with Crippen molar-refractivity contribution in [2.45, 2.75) is 0 Å². The van der Waals surface area contributed by atoms with Crippen molar-refractivity contribution in [2.75, 3.05) is 31.2 Å². The highest BCUT2D eigenvalue weighted by Gasteiger charge is 2.18. The predicted molar refractivity (Wildman–Crippen MR) is 109 cm³/mol. The monoisotopic (exact) mass is 391 g/mol. The molecule has 0 bridgehead atoms. The van der Waals surface area contributed by atoms with Gasteiger partial charge >= 0.3 is 0 Å². The molecule has 0 radical (unpaired) electrons. The number of morpholine rings is 1. The van der Waals surface area contributed by atoms with Gasteiger partial charge in [0.1, 0.15) is 17.8 Å². The number of fused-ring (bicyclic) bond motifs is 1. The first-order valence-corrected chi connectivity index (χ1v) is 9.33. The van der Waals surface area contributed by atoms with E-state index < -0.39 is 0 Å². The van der Waals surface area contributed by atoms with Crippen molar-refractivity contribution in [1.82, 2.24) is 29.1 Å². The highest BCUT2D eigenvalue weighted by molar-refractivity contribution is 7.78. The fraction of sp³-hybridized carbons (Fsp3) is 0.211. The number of benzene rings is 1. The third-order valence-corrected chi connectivity index (χ3v) is 5.03. The second-order valence-electron chi connectivity index (χ2n) is 6.42. The molecule has 28 heavy (non-hydrogen) atoms. The molecule has 1 saturated heterocycles. The van der Waals surface area contributed by atoms with Crippen LogP contribution in [-0.2, 0) is 4.74 Å². The van der Waals surface area contributed by atoms with E-state index in [9.17, 15) is 0 Å². The van der Waals surface area contributed by atoms with E-state index in [-0.39, 0.29) is 0 Å². The van der Waals surface area contributed by atoms with E-state index in [4.69, 9.17) is 4.74 Å². The van der Waals surface area contributed by atoms with Crippen molar-refractivity contribution in [3.63, 3.8) is 0 Å². The number of anilines is 1. The summed E-state index contributed by atoms with van der Waals surface area (Å²) < 4.78 is 7.00. The molecule has 4 heterocycles. The summed E-state index contributed by atoms with van der Waals surface area (Å²) in [6.07, 6.45) is 6.67. The molecule has 0 N–H and O–H groups in total. The minimum absolute atomic E-state index is 0.703. The van der Waals surface area contributed by atoms with Gasteiger partial charge in [-0.05, 0) is 24.9 Å². The van der Waals surface area contributed by atoms with Crippen LogP contribution in [0, 0.1) is 0 Å². The lowest BCUT2D eigenvalue weighted by atomic mass is 10.1. The van der Waals surface area contributed by atoms with Gasteiger partial charge in [0, 0.05) is 42.5 Å². The number of aromatic nitrogens is 6. The minimum atomic E-state index is 0.703. The van der Waals surface area contributed by atoms with Gasteiger partial charge in [-0.15, -0.1) is 0 Å². The zero-order chi connectivity index (χ0) is 18.9. The summed E-state index contributed by atoms with van der Waals surface area (Å²) in [5, 5.41) is 5.47. The predicted octanol–water partition coefficient (Wildman–Crippen LogP) is 2.48. The molecule has 8 nitrogen and oxygen atoms in total.